The first kappa shape index (κ1) is 24.1. The Kier molecular flexibility index (Phi) is 7.02. The molecule has 0 aliphatic carbocycles. The number of fused-ring (bicyclic) bond motifs is 3. The summed E-state index contributed by atoms with van der Waals surface area (Å²) in [5.74, 6) is -0.315. The molecule has 2 aromatic rings. The third-order valence-corrected chi connectivity index (χ3v) is 6.90. The summed E-state index contributed by atoms with van der Waals surface area (Å²) < 4.78 is 66.9. The molecule has 1 radical (unpaired) electrons. The standard InChI is InChI=1S/C18H21NO6S2.K/c1-12-18(2,3)17-15-7-6-14(27(23,24)25)11-13(15)5-8-16(17)19(12)9-4-10-26(20,21)22;/h5-8,11H,4,9-10H2,1-3H3,(H-,20,21,22,23,24,25);. The van der Waals surface area contributed by atoms with Crippen LogP contribution in [0.2, 0.25) is 0 Å². The summed E-state index contributed by atoms with van der Waals surface area (Å²) in [6.07, 6.45) is 0.275. The number of hydrogen-bond donors (Lipinski definition) is 1. The first-order chi connectivity index (χ1) is 12.3. The Labute approximate surface area is 207 Å². The van der Waals surface area contributed by atoms with Crippen LogP contribution in [-0.4, -0.2) is 99.9 Å². The molecule has 10 heteroatoms. The maximum Gasteiger partial charge on any atom is 0.265 e. The van der Waals surface area contributed by atoms with Gasteiger partial charge in [-0.2, -0.15) is 13.0 Å². The SMILES string of the molecule is CC1=[N+](CCCS(=O)(=O)O)c2ccc3cc(S(=O)(=O)[O-])ccc3c2C1(C)C.[K]. The van der Waals surface area contributed by atoms with E-state index in [1.807, 2.05) is 31.4 Å². The van der Waals surface area contributed by atoms with Gasteiger partial charge in [-0.1, -0.05) is 6.07 Å². The quantitative estimate of drug-likeness (QED) is 0.423. The van der Waals surface area contributed by atoms with Crippen LogP contribution in [0, 0.1) is 0 Å². The second-order valence-electron chi connectivity index (χ2n) is 7.30. The van der Waals surface area contributed by atoms with Gasteiger partial charge in [0, 0.05) is 76.4 Å². The molecule has 3 rings (SSSR count). The Hall–Kier alpha value is -0.174. The van der Waals surface area contributed by atoms with Crippen molar-refractivity contribution in [3.05, 3.63) is 35.9 Å². The van der Waals surface area contributed by atoms with Gasteiger partial charge in [0.25, 0.3) is 10.1 Å². The average molecular weight is 451 g/mol. The molecule has 0 aromatic heterocycles. The van der Waals surface area contributed by atoms with Gasteiger partial charge in [-0.05, 0) is 42.8 Å². The van der Waals surface area contributed by atoms with Gasteiger partial charge in [-0.3, -0.25) is 4.55 Å². The number of rotatable bonds is 5. The molecule has 1 aliphatic rings. The molecule has 0 unspecified atom stereocenters. The fourth-order valence-corrected chi connectivity index (χ4v) is 4.73. The molecule has 28 heavy (non-hydrogen) atoms. The first-order valence-electron chi connectivity index (χ1n) is 8.42. The Morgan fingerprint density at radius 1 is 1.11 bits per heavy atom. The van der Waals surface area contributed by atoms with E-state index in [0.29, 0.717) is 11.9 Å². The van der Waals surface area contributed by atoms with Crippen molar-refractivity contribution in [2.24, 2.45) is 0 Å². The summed E-state index contributed by atoms with van der Waals surface area (Å²) in [6.45, 7) is 6.49. The van der Waals surface area contributed by atoms with Gasteiger partial charge in [-0.25, -0.2) is 8.42 Å². The zero-order chi connectivity index (χ0) is 20.2. The van der Waals surface area contributed by atoms with Gasteiger partial charge in [-0.15, -0.1) is 0 Å². The van der Waals surface area contributed by atoms with Crippen LogP contribution in [0.15, 0.2) is 35.2 Å². The summed E-state index contributed by atoms with van der Waals surface area (Å²) in [4.78, 5) is -0.267. The van der Waals surface area contributed by atoms with Crippen molar-refractivity contribution in [1.82, 2.24) is 0 Å². The molecular weight excluding hydrogens is 429 g/mol. The molecule has 0 bridgehead atoms. The van der Waals surface area contributed by atoms with Crippen molar-refractivity contribution < 1.29 is 30.5 Å². The van der Waals surface area contributed by atoms with E-state index in [1.165, 1.54) is 12.1 Å². The van der Waals surface area contributed by atoms with E-state index < -0.39 is 20.2 Å². The maximum absolute atomic E-state index is 11.3. The Morgan fingerprint density at radius 3 is 2.32 bits per heavy atom. The Morgan fingerprint density at radius 2 is 1.75 bits per heavy atom. The zero-order valence-electron chi connectivity index (χ0n) is 16.3. The topological polar surface area (TPSA) is 115 Å². The number of benzene rings is 2. The van der Waals surface area contributed by atoms with E-state index in [2.05, 4.69) is 0 Å². The van der Waals surface area contributed by atoms with Crippen molar-refractivity contribution in [1.29, 1.82) is 0 Å². The second-order valence-corrected chi connectivity index (χ2v) is 10.3. The van der Waals surface area contributed by atoms with Gasteiger partial charge in [0.05, 0.1) is 16.1 Å². The molecule has 0 saturated heterocycles. The van der Waals surface area contributed by atoms with Crippen molar-refractivity contribution in [2.75, 3.05) is 12.3 Å². The van der Waals surface area contributed by atoms with Gasteiger partial charge in [0.15, 0.2) is 5.71 Å². The van der Waals surface area contributed by atoms with Gasteiger partial charge >= 0.3 is 0 Å². The smallest absolute Gasteiger partial charge is 0.265 e. The molecule has 1 heterocycles. The predicted molar refractivity (Wildman–Crippen MR) is 107 cm³/mol. The van der Waals surface area contributed by atoms with Gasteiger partial charge in [0.2, 0.25) is 5.69 Å². The zero-order valence-corrected chi connectivity index (χ0v) is 21.0. The van der Waals surface area contributed by atoms with E-state index in [9.17, 15) is 21.4 Å². The van der Waals surface area contributed by atoms with Crippen LogP contribution in [0.3, 0.4) is 0 Å². The fraction of sp³-hybridized carbons (Fsp3) is 0.389. The van der Waals surface area contributed by atoms with E-state index >= 15 is 0 Å². The molecule has 7 nitrogen and oxygen atoms in total. The molecular formula is C18H21KNO6S2. The van der Waals surface area contributed by atoms with Crippen molar-refractivity contribution >= 4 is 93.8 Å². The van der Waals surface area contributed by atoms with E-state index in [1.54, 1.807) is 12.1 Å². The summed E-state index contributed by atoms with van der Waals surface area (Å²) in [6, 6.07) is 7.95. The van der Waals surface area contributed by atoms with Crippen molar-refractivity contribution in [2.45, 2.75) is 37.5 Å². The summed E-state index contributed by atoms with van der Waals surface area (Å²) in [5, 5.41) is 1.51. The normalized spacial score (nSPS) is 16.2. The van der Waals surface area contributed by atoms with Crippen molar-refractivity contribution in [3.8, 4) is 0 Å². The minimum absolute atomic E-state index is 0. The number of hydrogen-bond acceptors (Lipinski definition) is 5. The van der Waals surface area contributed by atoms with Crippen LogP contribution in [0.5, 0.6) is 0 Å². The number of nitrogens with zero attached hydrogens (tertiary/aromatic N) is 1. The van der Waals surface area contributed by atoms with Crippen LogP contribution in [-0.2, 0) is 25.7 Å². The molecule has 1 aliphatic heterocycles. The summed E-state index contributed by atoms with van der Waals surface area (Å²) >= 11 is 0. The van der Waals surface area contributed by atoms with E-state index in [0.717, 1.165) is 22.3 Å². The molecule has 0 atom stereocenters. The molecule has 1 N–H and O–H groups in total. The van der Waals surface area contributed by atoms with Crippen LogP contribution in [0.1, 0.15) is 32.8 Å². The summed E-state index contributed by atoms with van der Waals surface area (Å²) in [5.41, 5.74) is 2.59. The fourth-order valence-electron chi connectivity index (χ4n) is 3.73. The molecule has 0 spiro atoms. The first-order valence-corrected chi connectivity index (χ1v) is 11.4. The second kappa shape index (κ2) is 8.16. The molecule has 0 amide bonds. The van der Waals surface area contributed by atoms with Crippen molar-refractivity contribution in [3.63, 3.8) is 0 Å². The third-order valence-electron chi connectivity index (χ3n) is 5.27. The maximum atomic E-state index is 11.3. The third kappa shape index (κ3) is 4.60. The van der Waals surface area contributed by atoms with Gasteiger partial charge < -0.3 is 4.55 Å². The van der Waals surface area contributed by atoms with Crippen LogP contribution in [0.25, 0.3) is 10.8 Å². The molecule has 147 valence electrons. The molecule has 2 aromatic carbocycles. The Bertz CT molecular complexity index is 1180. The largest absolute Gasteiger partial charge is 0.744 e. The Balaban J connectivity index is 0.00000280. The minimum atomic E-state index is -4.53. The minimum Gasteiger partial charge on any atom is -0.744 e. The average Bonchev–Trinajstić information content (AvgIpc) is 2.73. The molecule has 0 fully saturated rings. The predicted octanol–water partition coefficient (Wildman–Crippen LogP) is 2.04. The van der Waals surface area contributed by atoms with Crippen LogP contribution < -0.4 is 0 Å². The van der Waals surface area contributed by atoms with E-state index in [-0.39, 0.29) is 73.9 Å². The van der Waals surface area contributed by atoms with E-state index in [4.69, 9.17) is 4.55 Å². The monoisotopic (exact) mass is 450 g/mol. The van der Waals surface area contributed by atoms with Gasteiger partial charge in [0.1, 0.15) is 16.7 Å². The van der Waals surface area contributed by atoms with Crippen LogP contribution in [0.4, 0.5) is 5.69 Å². The van der Waals surface area contributed by atoms with Crippen LogP contribution >= 0.6 is 0 Å². The molecule has 0 saturated carbocycles. The summed E-state index contributed by atoms with van der Waals surface area (Å²) in [7, 11) is -8.55.